The van der Waals surface area contributed by atoms with E-state index in [-0.39, 0.29) is 21.3 Å². The van der Waals surface area contributed by atoms with E-state index in [2.05, 4.69) is 10.1 Å². The molecule has 1 aromatic rings. The lowest BCUT2D eigenvalue weighted by atomic mass is 10.2. The average Bonchev–Trinajstić information content (AvgIpc) is 2.22. The second-order valence-electron chi connectivity index (χ2n) is 2.54. The number of ether oxygens (including phenoxy) is 1. The minimum Gasteiger partial charge on any atom is -0.453 e. The molecule has 0 heterocycles. The van der Waals surface area contributed by atoms with Gasteiger partial charge in [0, 0.05) is 0 Å². The van der Waals surface area contributed by atoms with Crippen LogP contribution in [-0.4, -0.2) is 13.2 Å². The van der Waals surface area contributed by atoms with Crippen LogP contribution in [-0.2, 0) is 4.74 Å². The maximum absolute atomic E-state index is 10.9. The molecule has 1 aromatic carbocycles. The van der Waals surface area contributed by atoms with Crippen LogP contribution in [0.15, 0.2) is 12.1 Å². The maximum atomic E-state index is 10.9. The number of benzene rings is 1. The maximum Gasteiger partial charge on any atom is 0.411 e. The number of anilines is 1. The van der Waals surface area contributed by atoms with Gasteiger partial charge in [0.1, 0.15) is 6.07 Å². The zero-order chi connectivity index (χ0) is 11.4. The summed E-state index contributed by atoms with van der Waals surface area (Å²) in [5, 5.41) is 11.6. The first-order chi connectivity index (χ1) is 7.08. The van der Waals surface area contributed by atoms with E-state index >= 15 is 0 Å². The Kier molecular flexibility index (Phi) is 3.78. The predicted octanol–water partition coefficient (Wildman–Crippen LogP) is 3.04. The monoisotopic (exact) mass is 244 g/mol. The third kappa shape index (κ3) is 2.75. The largest absolute Gasteiger partial charge is 0.453 e. The first-order valence-corrected chi connectivity index (χ1v) is 4.58. The van der Waals surface area contributed by atoms with Crippen LogP contribution >= 0.6 is 23.2 Å². The van der Waals surface area contributed by atoms with Gasteiger partial charge in [-0.3, -0.25) is 5.32 Å². The minimum absolute atomic E-state index is 0.217. The minimum atomic E-state index is -0.676. The van der Waals surface area contributed by atoms with Gasteiger partial charge >= 0.3 is 6.09 Å². The van der Waals surface area contributed by atoms with Crippen molar-refractivity contribution < 1.29 is 9.53 Å². The summed E-state index contributed by atoms with van der Waals surface area (Å²) in [5.74, 6) is 0. The number of carbonyl (C=O) groups excluding carboxylic acids is 1. The summed E-state index contributed by atoms with van der Waals surface area (Å²) >= 11 is 11.4. The number of hydrogen-bond acceptors (Lipinski definition) is 3. The Labute approximate surface area is 96.4 Å². The molecule has 1 N–H and O–H groups in total. The van der Waals surface area contributed by atoms with Gasteiger partial charge in [-0.2, -0.15) is 5.26 Å². The van der Waals surface area contributed by atoms with E-state index in [1.54, 1.807) is 0 Å². The Morgan fingerprint density at radius 3 is 2.60 bits per heavy atom. The predicted molar refractivity (Wildman–Crippen MR) is 57.2 cm³/mol. The van der Waals surface area contributed by atoms with Crippen molar-refractivity contribution in [2.24, 2.45) is 0 Å². The summed E-state index contributed by atoms with van der Waals surface area (Å²) in [4.78, 5) is 10.9. The lowest BCUT2D eigenvalue weighted by Crippen LogP contribution is -2.12. The molecule has 1 amide bonds. The molecule has 6 heteroatoms. The Hall–Kier alpha value is -1.44. The van der Waals surface area contributed by atoms with Gasteiger partial charge in [0.15, 0.2) is 0 Å². The van der Waals surface area contributed by atoms with Crippen LogP contribution in [0.1, 0.15) is 5.56 Å². The van der Waals surface area contributed by atoms with E-state index in [0.29, 0.717) is 0 Å². The fourth-order valence-corrected chi connectivity index (χ4v) is 1.23. The number of nitriles is 1. The quantitative estimate of drug-likeness (QED) is 0.826. The van der Waals surface area contributed by atoms with Crippen molar-refractivity contribution in [3.8, 4) is 6.07 Å². The Balaban J connectivity index is 3.12. The van der Waals surface area contributed by atoms with Crippen molar-refractivity contribution in [2.45, 2.75) is 0 Å². The van der Waals surface area contributed by atoms with Crippen molar-refractivity contribution in [3.05, 3.63) is 27.7 Å². The van der Waals surface area contributed by atoms with E-state index in [4.69, 9.17) is 28.5 Å². The molecule has 1 rings (SSSR count). The molecular weight excluding hydrogens is 239 g/mol. The number of nitrogens with zero attached hydrogens (tertiary/aromatic N) is 1. The molecule has 0 radical (unpaired) electrons. The summed E-state index contributed by atoms with van der Waals surface area (Å²) < 4.78 is 4.39. The van der Waals surface area contributed by atoms with E-state index in [0.717, 1.165) is 0 Å². The van der Waals surface area contributed by atoms with E-state index < -0.39 is 6.09 Å². The summed E-state index contributed by atoms with van der Waals surface area (Å²) in [6.07, 6.45) is -0.676. The Morgan fingerprint density at radius 1 is 1.47 bits per heavy atom. The van der Waals surface area contributed by atoms with Gasteiger partial charge in [-0.25, -0.2) is 4.79 Å². The van der Waals surface area contributed by atoms with Crippen molar-refractivity contribution in [1.82, 2.24) is 0 Å². The SMILES string of the molecule is COC(=O)Nc1cc(Cl)c(Cl)cc1C#N. The fraction of sp³-hybridized carbons (Fsp3) is 0.111. The number of carbonyl (C=O) groups is 1. The van der Waals surface area contributed by atoms with Gasteiger partial charge in [0.25, 0.3) is 0 Å². The first kappa shape index (κ1) is 11.6. The number of hydrogen-bond donors (Lipinski definition) is 1. The molecule has 15 heavy (non-hydrogen) atoms. The second kappa shape index (κ2) is 4.87. The van der Waals surface area contributed by atoms with Gasteiger partial charge in [-0.05, 0) is 12.1 Å². The van der Waals surface area contributed by atoms with Gasteiger partial charge in [0.05, 0.1) is 28.4 Å². The van der Waals surface area contributed by atoms with Crippen molar-refractivity contribution >= 4 is 35.0 Å². The molecule has 0 spiro atoms. The van der Waals surface area contributed by atoms with Gasteiger partial charge in [-0.1, -0.05) is 23.2 Å². The van der Waals surface area contributed by atoms with E-state index in [1.807, 2.05) is 6.07 Å². The molecule has 0 aliphatic heterocycles. The molecule has 0 fully saturated rings. The van der Waals surface area contributed by atoms with Crippen LogP contribution in [0.2, 0.25) is 10.0 Å². The molecule has 0 aliphatic carbocycles. The van der Waals surface area contributed by atoms with E-state index in [9.17, 15) is 4.79 Å². The molecule has 0 bridgehead atoms. The lowest BCUT2D eigenvalue weighted by molar-refractivity contribution is 0.187. The average molecular weight is 245 g/mol. The van der Waals surface area contributed by atoms with Crippen LogP contribution in [0.4, 0.5) is 10.5 Å². The Bertz CT molecular complexity index is 440. The second-order valence-corrected chi connectivity index (χ2v) is 3.35. The number of methoxy groups -OCH3 is 1. The highest BCUT2D eigenvalue weighted by molar-refractivity contribution is 6.42. The van der Waals surface area contributed by atoms with Gasteiger partial charge in [0.2, 0.25) is 0 Å². The number of nitrogens with one attached hydrogen (secondary N) is 1. The van der Waals surface area contributed by atoms with E-state index in [1.165, 1.54) is 19.2 Å². The number of rotatable bonds is 1. The number of amides is 1. The van der Waals surface area contributed by atoms with Crippen molar-refractivity contribution in [3.63, 3.8) is 0 Å². The highest BCUT2D eigenvalue weighted by Gasteiger charge is 2.09. The molecule has 4 nitrogen and oxygen atoms in total. The summed E-state index contributed by atoms with van der Waals surface area (Å²) in [6, 6.07) is 4.64. The van der Waals surface area contributed by atoms with Crippen LogP contribution < -0.4 is 5.32 Å². The van der Waals surface area contributed by atoms with Crippen molar-refractivity contribution in [2.75, 3.05) is 12.4 Å². The smallest absolute Gasteiger partial charge is 0.411 e. The van der Waals surface area contributed by atoms with Crippen LogP contribution in [0.5, 0.6) is 0 Å². The molecule has 0 saturated heterocycles. The fourth-order valence-electron chi connectivity index (χ4n) is 0.904. The highest BCUT2D eigenvalue weighted by atomic mass is 35.5. The van der Waals surface area contributed by atoms with Crippen LogP contribution in [0, 0.1) is 11.3 Å². The topological polar surface area (TPSA) is 62.1 Å². The Morgan fingerprint density at radius 2 is 2.07 bits per heavy atom. The summed E-state index contributed by atoms with van der Waals surface area (Å²) in [7, 11) is 1.22. The highest BCUT2D eigenvalue weighted by Crippen LogP contribution is 2.28. The van der Waals surface area contributed by atoms with Crippen LogP contribution in [0.3, 0.4) is 0 Å². The van der Waals surface area contributed by atoms with Gasteiger partial charge < -0.3 is 4.74 Å². The summed E-state index contributed by atoms with van der Waals surface area (Å²) in [5.41, 5.74) is 0.480. The standard InChI is InChI=1S/C9H6Cl2N2O2/c1-15-9(14)13-8-3-7(11)6(10)2-5(8)4-12/h2-3H,1H3,(H,13,14). The summed E-state index contributed by atoms with van der Waals surface area (Å²) in [6.45, 7) is 0. The lowest BCUT2D eigenvalue weighted by Gasteiger charge is -2.06. The van der Waals surface area contributed by atoms with Crippen LogP contribution in [0.25, 0.3) is 0 Å². The molecule has 0 atom stereocenters. The molecule has 0 saturated carbocycles. The zero-order valence-corrected chi connectivity index (χ0v) is 9.19. The molecular formula is C9H6Cl2N2O2. The number of halogens is 2. The zero-order valence-electron chi connectivity index (χ0n) is 7.67. The van der Waals surface area contributed by atoms with Crippen molar-refractivity contribution in [1.29, 1.82) is 5.26 Å². The first-order valence-electron chi connectivity index (χ1n) is 3.82. The third-order valence-electron chi connectivity index (χ3n) is 1.60. The molecule has 0 aromatic heterocycles. The molecule has 0 aliphatic rings. The van der Waals surface area contributed by atoms with Gasteiger partial charge in [-0.15, -0.1) is 0 Å². The normalized spacial score (nSPS) is 9.20. The molecule has 0 unspecified atom stereocenters. The third-order valence-corrected chi connectivity index (χ3v) is 2.33. The molecule has 78 valence electrons.